The maximum atomic E-state index is 13.8. The molecule has 1 saturated carbocycles. The SMILES string of the molecule is Cc1nn(C2CCS(=O)(=O)C2)c2nc(C3CC3)cc(C(=O)N3CCN(Cc4ccncc4)CC3)c12. The van der Waals surface area contributed by atoms with Gasteiger partial charge in [-0.25, -0.2) is 18.1 Å². The van der Waals surface area contributed by atoms with E-state index in [4.69, 9.17) is 10.1 Å². The lowest BCUT2D eigenvalue weighted by Crippen LogP contribution is -2.48. The molecule has 0 radical (unpaired) electrons. The molecular formula is C25H30N6O3S. The number of piperazine rings is 1. The molecule has 3 aliphatic rings. The Hall–Kier alpha value is -2.85. The van der Waals surface area contributed by atoms with E-state index in [9.17, 15) is 13.2 Å². The Kier molecular flexibility index (Phi) is 5.60. The van der Waals surface area contributed by atoms with Crippen molar-refractivity contribution in [2.24, 2.45) is 0 Å². The summed E-state index contributed by atoms with van der Waals surface area (Å²) in [6.45, 7) is 5.71. The number of pyridine rings is 2. The van der Waals surface area contributed by atoms with Crippen LogP contribution < -0.4 is 0 Å². The highest BCUT2D eigenvalue weighted by atomic mass is 32.2. The van der Waals surface area contributed by atoms with Crippen LogP contribution in [0, 0.1) is 6.92 Å². The average molecular weight is 495 g/mol. The number of carbonyl (C=O) groups is 1. The normalized spacial score (nSPS) is 22.7. The van der Waals surface area contributed by atoms with Gasteiger partial charge in [-0.1, -0.05) is 0 Å². The summed E-state index contributed by atoms with van der Waals surface area (Å²) in [6.07, 6.45) is 6.31. The monoisotopic (exact) mass is 494 g/mol. The second kappa shape index (κ2) is 8.67. The van der Waals surface area contributed by atoms with Crippen molar-refractivity contribution in [2.45, 2.75) is 44.7 Å². The van der Waals surface area contributed by atoms with Crippen LogP contribution in [0.4, 0.5) is 0 Å². The average Bonchev–Trinajstić information content (AvgIpc) is 3.57. The molecule has 1 unspecified atom stereocenters. The first-order chi connectivity index (χ1) is 16.9. The van der Waals surface area contributed by atoms with E-state index in [2.05, 4.69) is 9.88 Å². The van der Waals surface area contributed by atoms with E-state index in [0.717, 1.165) is 49.2 Å². The molecule has 0 N–H and O–H groups in total. The van der Waals surface area contributed by atoms with E-state index < -0.39 is 9.84 Å². The Labute approximate surface area is 205 Å². The second-order valence-electron chi connectivity index (χ2n) is 10.1. The van der Waals surface area contributed by atoms with Crippen LogP contribution in [0.5, 0.6) is 0 Å². The topological polar surface area (TPSA) is 101 Å². The fourth-order valence-electron chi connectivity index (χ4n) is 5.34. The quantitative estimate of drug-likeness (QED) is 0.537. The summed E-state index contributed by atoms with van der Waals surface area (Å²) in [6, 6.07) is 5.80. The minimum absolute atomic E-state index is 0.0181. The molecule has 0 aromatic carbocycles. The van der Waals surface area contributed by atoms with E-state index in [1.165, 1.54) is 5.56 Å². The maximum absolute atomic E-state index is 13.8. The number of sulfone groups is 1. The van der Waals surface area contributed by atoms with E-state index in [1.54, 1.807) is 4.68 Å². The molecule has 3 aromatic rings. The minimum atomic E-state index is -3.06. The number of fused-ring (bicyclic) bond motifs is 1. The predicted molar refractivity (Wildman–Crippen MR) is 132 cm³/mol. The molecular weight excluding hydrogens is 464 g/mol. The van der Waals surface area contributed by atoms with Gasteiger partial charge in [0.05, 0.1) is 34.2 Å². The lowest BCUT2D eigenvalue weighted by Gasteiger charge is -2.35. The number of rotatable bonds is 5. The number of hydrogen-bond donors (Lipinski definition) is 0. The van der Waals surface area contributed by atoms with Crippen molar-refractivity contribution in [3.63, 3.8) is 0 Å². The van der Waals surface area contributed by atoms with Crippen LogP contribution in [-0.2, 0) is 16.4 Å². The molecule has 0 spiro atoms. The van der Waals surface area contributed by atoms with Gasteiger partial charge in [0.15, 0.2) is 15.5 Å². The smallest absolute Gasteiger partial charge is 0.254 e. The molecule has 1 atom stereocenters. The fourth-order valence-corrected chi connectivity index (χ4v) is 7.03. The summed E-state index contributed by atoms with van der Waals surface area (Å²) in [7, 11) is -3.06. The largest absolute Gasteiger partial charge is 0.336 e. The van der Waals surface area contributed by atoms with Crippen LogP contribution in [0.2, 0.25) is 0 Å². The Morgan fingerprint density at radius 1 is 1.09 bits per heavy atom. The van der Waals surface area contributed by atoms with Crippen molar-refractivity contribution in [2.75, 3.05) is 37.7 Å². The molecule has 3 aromatic heterocycles. The molecule has 5 heterocycles. The van der Waals surface area contributed by atoms with Gasteiger partial charge < -0.3 is 4.90 Å². The van der Waals surface area contributed by atoms with Gasteiger partial charge in [-0.05, 0) is 49.9 Å². The molecule has 1 aliphatic carbocycles. The predicted octanol–water partition coefficient (Wildman–Crippen LogP) is 2.33. The number of nitrogens with zero attached hydrogens (tertiary/aromatic N) is 6. The van der Waals surface area contributed by atoms with E-state index in [-0.39, 0.29) is 23.5 Å². The Bertz CT molecular complexity index is 1380. The van der Waals surface area contributed by atoms with E-state index in [0.29, 0.717) is 36.6 Å². The maximum Gasteiger partial charge on any atom is 0.254 e. The molecule has 35 heavy (non-hydrogen) atoms. The third-order valence-electron chi connectivity index (χ3n) is 7.45. The van der Waals surface area contributed by atoms with Crippen molar-refractivity contribution in [3.8, 4) is 0 Å². The zero-order valence-electron chi connectivity index (χ0n) is 19.9. The number of carbonyl (C=O) groups excluding carboxylic acids is 1. The molecule has 2 saturated heterocycles. The Morgan fingerprint density at radius 2 is 1.83 bits per heavy atom. The summed E-state index contributed by atoms with van der Waals surface area (Å²) >= 11 is 0. The molecule has 6 rings (SSSR count). The third kappa shape index (κ3) is 4.45. The minimum Gasteiger partial charge on any atom is -0.336 e. The number of aromatic nitrogens is 4. The van der Waals surface area contributed by atoms with E-state index in [1.807, 2.05) is 42.4 Å². The number of hydrogen-bond acceptors (Lipinski definition) is 7. The summed E-state index contributed by atoms with van der Waals surface area (Å²) in [5, 5.41) is 5.48. The van der Waals surface area contributed by atoms with E-state index >= 15 is 0 Å². The van der Waals surface area contributed by atoms with Crippen molar-refractivity contribution in [3.05, 3.63) is 53.1 Å². The lowest BCUT2D eigenvalue weighted by molar-refractivity contribution is 0.0630. The number of amides is 1. The van der Waals surface area contributed by atoms with Gasteiger partial charge in [0, 0.05) is 56.7 Å². The van der Waals surface area contributed by atoms with Crippen molar-refractivity contribution < 1.29 is 13.2 Å². The van der Waals surface area contributed by atoms with Gasteiger partial charge in [-0.3, -0.25) is 14.7 Å². The molecule has 10 heteroatoms. The first kappa shape index (κ1) is 22.6. The van der Waals surface area contributed by atoms with Crippen LogP contribution in [0.3, 0.4) is 0 Å². The zero-order valence-corrected chi connectivity index (χ0v) is 20.7. The Morgan fingerprint density at radius 3 is 2.49 bits per heavy atom. The standard InChI is InChI=1S/C25H30N6O3S/c1-17-23-21(25(32)30-11-9-29(10-12-30)15-18-4-7-26-8-5-18)14-22(19-2-3-19)27-24(23)31(28-17)20-6-13-35(33,34)16-20/h4-5,7-8,14,19-20H,2-3,6,9-13,15-16H2,1H3. The second-order valence-corrected chi connectivity index (χ2v) is 12.3. The number of aryl methyl sites for hydroxylation is 1. The van der Waals surface area contributed by atoms with Crippen molar-refractivity contribution in [1.82, 2.24) is 29.5 Å². The zero-order chi connectivity index (χ0) is 24.2. The molecule has 1 amide bonds. The molecule has 2 aliphatic heterocycles. The van der Waals surface area contributed by atoms with Crippen LogP contribution in [-0.4, -0.2) is 81.6 Å². The van der Waals surface area contributed by atoms with Crippen molar-refractivity contribution in [1.29, 1.82) is 0 Å². The molecule has 9 nitrogen and oxygen atoms in total. The third-order valence-corrected chi connectivity index (χ3v) is 9.20. The van der Waals surface area contributed by atoms with Gasteiger partial charge in [0.25, 0.3) is 5.91 Å². The molecule has 3 fully saturated rings. The lowest BCUT2D eigenvalue weighted by atomic mass is 10.1. The highest BCUT2D eigenvalue weighted by molar-refractivity contribution is 7.91. The van der Waals surface area contributed by atoms with Crippen molar-refractivity contribution >= 4 is 26.8 Å². The van der Waals surface area contributed by atoms with Gasteiger partial charge in [0.2, 0.25) is 0 Å². The van der Waals surface area contributed by atoms with Crippen LogP contribution >= 0.6 is 0 Å². The summed E-state index contributed by atoms with van der Waals surface area (Å²) in [5.74, 6) is 0.653. The van der Waals surface area contributed by atoms with Crippen LogP contribution in [0.1, 0.15) is 58.5 Å². The summed E-state index contributed by atoms with van der Waals surface area (Å²) < 4.78 is 26.1. The van der Waals surface area contributed by atoms with Crippen LogP contribution in [0.15, 0.2) is 30.6 Å². The molecule has 0 bridgehead atoms. The highest BCUT2D eigenvalue weighted by Crippen LogP contribution is 2.41. The van der Waals surface area contributed by atoms with Crippen LogP contribution in [0.25, 0.3) is 11.0 Å². The highest BCUT2D eigenvalue weighted by Gasteiger charge is 2.35. The summed E-state index contributed by atoms with van der Waals surface area (Å²) in [4.78, 5) is 27.1. The van der Waals surface area contributed by atoms with Gasteiger partial charge >= 0.3 is 0 Å². The van der Waals surface area contributed by atoms with Gasteiger partial charge in [0.1, 0.15) is 0 Å². The molecule has 184 valence electrons. The first-order valence-corrected chi connectivity index (χ1v) is 14.2. The fraction of sp³-hybridized carbons (Fsp3) is 0.520. The Balaban J connectivity index is 1.28. The summed E-state index contributed by atoms with van der Waals surface area (Å²) in [5.41, 5.74) is 4.21. The first-order valence-electron chi connectivity index (χ1n) is 12.4. The van der Waals surface area contributed by atoms with Gasteiger partial charge in [-0.2, -0.15) is 5.10 Å². The van der Waals surface area contributed by atoms with Gasteiger partial charge in [-0.15, -0.1) is 0 Å².